The lowest BCUT2D eigenvalue weighted by molar-refractivity contribution is 0.143. The van der Waals surface area contributed by atoms with Crippen LogP contribution >= 0.6 is 24.0 Å². The predicted octanol–water partition coefficient (Wildman–Crippen LogP) is 3.29. The summed E-state index contributed by atoms with van der Waals surface area (Å²) in [7, 11) is 1.65. The Bertz CT molecular complexity index is 538. The molecule has 0 amide bonds. The van der Waals surface area contributed by atoms with Gasteiger partial charge in [-0.05, 0) is 51.9 Å². The van der Waals surface area contributed by atoms with E-state index in [0.717, 1.165) is 44.1 Å². The lowest BCUT2D eigenvalue weighted by atomic mass is 10.2. The van der Waals surface area contributed by atoms with Crippen LogP contribution in [0.25, 0.3) is 0 Å². The third kappa shape index (κ3) is 12.9. The highest BCUT2D eigenvalue weighted by Crippen LogP contribution is 2.08. The number of rotatable bonds is 14. The number of aliphatic imine (C=N–C) groups is 1. The van der Waals surface area contributed by atoms with Gasteiger partial charge in [0.05, 0.1) is 13.2 Å². The minimum atomic E-state index is 0. The van der Waals surface area contributed by atoms with Crippen LogP contribution in [0, 0.1) is 0 Å². The molecule has 1 unspecified atom stereocenters. The normalized spacial score (nSPS) is 12.4. The van der Waals surface area contributed by atoms with E-state index in [1.165, 1.54) is 6.42 Å². The van der Waals surface area contributed by atoms with E-state index < -0.39 is 0 Å². The first kappa shape index (κ1) is 27.9. The van der Waals surface area contributed by atoms with Crippen LogP contribution in [0.1, 0.15) is 46.1 Å². The zero-order chi connectivity index (χ0) is 20.6. The molecule has 0 aromatic carbocycles. The number of guanidine groups is 1. The van der Waals surface area contributed by atoms with E-state index in [1.807, 2.05) is 18.3 Å². The number of hydrogen-bond acceptors (Lipinski definition) is 5. The van der Waals surface area contributed by atoms with Crippen molar-refractivity contribution in [2.24, 2.45) is 4.99 Å². The molecular weight excluding hydrogens is 481 g/mol. The minimum absolute atomic E-state index is 0. The Labute approximate surface area is 194 Å². The quantitative estimate of drug-likeness (QED) is 0.170. The number of methoxy groups -OCH3 is 1. The topological polar surface area (TPSA) is 71.0 Å². The van der Waals surface area contributed by atoms with Gasteiger partial charge in [0, 0.05) is 32.0 Å². The van der Waals surface area contributed by atoms with E-state index in [9.17, 15) is 0 Å². The highest BCUT2D eigenvalue weighted by atomic mass is 127. The first-order valence-electron chi connectivity index (χ1n) is 10.5. The Kier molecular flexibility index (Phi) is 17.0. The molecule has 0 fully saturated rings. The van der Waals surface area contributed by atoms with E-state index in [4.69, 9.17) is 9.47 Å². The van der Waals surface area contributed by atoms with Gasteiger partial charge in [-0.25, -0.2) is 9.98 Å². The van der Waals surface area contributed by atoms with Crippen LogP contribution in [0.3, 0.4) is 0 Å². The van der Waals surface area contributed by atoms with Crippen LogP contribution < -0.4 is 15.4 Å². The summed E-state index contributed by atoms with van der Waals surface area (Å²) in [5, 5.41) is 6.83. The van der Waals surface area contributed by atoms with E-state index in [1.54, 1.807) is 7.11 Å². The van der Waals surface area contributed by atoms with Gasteiger partial charge in [0.25, 0.3) is 0 Å². The zero-order valence-corrected chi connectivity index (χ0v) is 21.1. The van der Waals surface area contributed by atoms with Crippen molar-refractivity contribution in [1.29, 1.82) is 0 Å². The summed E-state index contributed by atoms with van der Waals surface area (Å²) in [4.78, 5) is 11.5. The molecule has 8 heteroatoms. The number of hydrogen-bond donors (Lipinski definition) is 2. The molecule has 1 atom stereocenters. The van der Waals surface area contributed by atoms with Crippen LogP contribution in [-0.2, 0) is 11.3 Å². The molecule has 7 nitrogen and oxygen atoms in total. The number of nitrogens with one attached hydrogen (secondary N) is 2. The van der Waals surface area contributed by atoms with Crippen LogP contribution in [0.4, 0.5) is 0 Å². The Morgan fingerprint density at radius 2 is 1.97 bits per heavy atom. The van der Waals surface area contributed by atoms with Crippen molar-refractivity contribution in [3.8, 4) is 5.88 Å². The number of ether oxygens (including phenoxy) is 2. The van der Waals surface area contributed by atoms with Crippen molar-refractivity contribution < 1.29 is 9.47 Å². The summed E-state index contributed by atoms with van der Waals surface area (Å²) in [5.41, 5.74) is 1.05. The molecule has 29 heavy (non-hydrogen) atoms. The molecule has 0 saturated heterocycles. The molecule has 0 saturated carbocycles. The van der Waals surface area contributed by atoms with Crippen LogP contribution in [0.15, 0.2) is 23.3 Å². The Morgan fingerprint density at radius 1 is 1.21 bits per heavy atom. The molecule has 0 radical (unpaired) electrons. The van der Waals surface area contributed by atoms with Gasteiger partial charge in [-0.2, -0.15) is 0 Å². The average Bonchev–Trinajstić information content (AvgIpc) is 2.71. The Hall–Kier alpha value is -1.13. The molecule has 0 spiro atoms. The Morgan fingerprint density at radius 3 is 2.55 bits per heavy atom. The number of nitrogens with zero attached hydrogens (tertiary/aromatic N) is 3. The molecule has 0 aliphatic rings. The third-order valence-electron chi connectivity index (χ3n) is 4.49. The van der Waals surface area contributed by atoms with Crippen molar-refractivity contribution in [2.45, 2.75) is 53.1 Å². The van der Waals surface area contributed by atoms with Crippen molar-refractivity contribution in [1.82, 2.24) is 20.5 Å². The molecule has 168 valence electrons. The summed E-state index contributed by atoms with van der Waals surface area (Å²) in [6.45, 7) is 14.6. The molecule has 1 rings (SSSR count). The molecule has 1 aromatic heterocycles. The average molecular weight is 521 g/mol. The molecule has 2 N–H and O–H groups in total. The van der Waals surface area contributed by atoms with Gasteiger partial charge >= 0.3 is 0 Å². The maximum Gasteiger partial charge on any atom is 0.213 e. The van der Waals surface area contributed by atoms with Gasteiger partial charge in [-0.3, -0.25) is 0 Å². The fraction of sp³-hybridized carbons (Fsp3) is 0.714. The van der Waals surface area contributed by atoms with Gasteiger partial charge in [0.1, 0.15) is 6.61 Å². The highest BCUT2D eigenvalue weighted by molar-refractivity contribution is 14.0. The van der Waals surface area contributed by atoms with Gasteiger partial charge < -0.3 is 25.0 Å². The molecule has 1 heterocycles. The molecule has 0 aliphatic carbocycles. The lowest BCUT2D eigenvalue weighted by Crippen LogP contribution is -2.42. The first-order valence-corrected chi connectivity index (χ1v) is 10.5. The van der Waals surface area contributed by atoms with E-state index in [0.29, 0.717) is 31.7 Å². The second-order valence-corrected chi connectivity index (χ2v) is 6.76. The van der Waals surface area contributed by atoms with E-state index in [-0.39, 0.29) is 24.0 Å². The molecule has 0 aliphatic heterocycles. The second kappa shape index (κ2) is 17.7. The molecule has 0 bridgehead atoms. The molecular formula is C21H40IN5O2. The van der Waals surface area contributed by atoms with Gasteiger partial charge in [-0.15, -0.1) is 24.0 Å². The second-order valence-electron chi connectivity index (χ2n) is 6.76. The Balaban J connectivity index is 0.00000784. The smallest absolute Gasteiger partial charge is 0.213 e. The van der Waals surface area contributed by atoms with Crippen molar-refractivity contribution in [3.63, 3.8) is 0 Å². The maximum atomic E-state index is 5.49. The van der Waals surface area contributed by atoms with Crippen LogP contribution in [0.5, 0.6) is 5.88 Å². The number of pyridine rings is 1. The molecule has 1 aromatic rings. The SMILES string of the molecule is CCNC(=NCc1ccc(OCCOC)nc1)NC(C)CCCN(CC)CC.I. The minimum Gasteiger partial charge on any atom is -0.475 e. The van der Waals surface area contributed by atoms with Crippen molar-refractivity contribution >= 4 is 29.9 Å². The highest BCUT2D eigenvalue weighted by Gasteiger charge is 2.07. The lowest BCUT2D eigenvalue weighted by Gasteiger charge is -2.21. The van der Waals surface area contributed by atoms with Crippen LogP contribution in [0.2, 0.25) is 0 Å². The fourth-order valence-corrected chi connectivity index (χ4v) is 2.78. The van der Waals surface area contributed by atoms with Crippen LogP contribution in [-0.4, -0.2) is 68.4 Å². The van der Waals surface area contributed by atoms with E-state index >= 15 is 0 Å². The summed E-state index contributed by atoms with van der Waals surface area (Å²) >= 11 is 0. The van der Waals surface area contributed by atoms with Gasteiger partial charge in [0.2, 0.25) is 5.88 Å². The maximum absolute atomic E-state index is 5.49. The largest absolute Gasteiger partial charge is 0.475 e. The van der Waals surface area contributed by atoms with Gasteiger partial charge in [-0.1, -0.05) is 19.9 Å². The first-order chi connectivity index (χ1) is 13.6. The summed E-state index contributed by atoms with van der Waals surface area (Å²) < 4.78 is 10.5. The summed E-state index contributed by atoms with van der Waals surface area (Å²) in [5.74, 6) is 1.45. The predicted molar refractivity (Wildman–Crippen MR) is 131 cm³/mol. The van der Waals surface area contributed by atoms with E-state index in [2.05, 4.69) is 53.2 Å². The number of halogens is 1. The third-order valence-corrected chi connectivity index (χ3v) is 4.49. The summed E-state index contributed by atoms with van der Waals surface area (Å²) in [6, 6.07) is 4.25. The zero-order valence-electron chi connectivity index (χ0n) is 18.7. The standard InChI is InChI=1S/C21H39N5O2.HI/c1-6-22-21(25-18(4)10-9-13-26(7-2)8-3)24-17-19-11-12-20(23-16-19)28-15-14-27-5;/h11-12,16,18H,6-10,13-15,17H2,1-5H3,(H2,22,24,25);1H. The van der Waals surface area contributed by atoms with Crippen molar-refractivity contribution in [2.75, 3.05) is 46.5 Å². The van der Waals surface area contributed by atoms with Crippen molar-refractivity contribution in [3.05, 3.63) is 23.9 Å². The summed E-state index contributed by atoms with van der Waals surface area (Å²) in [6.07, 6.45) is 4.11. The fourth-order valence-electron chi connectivity index (χ4n) is 2.78. The number of aromatic nitrogens is 1. The monoisotopic (exact) mass is 521 g/mol. The van der Waals surface area contributed by atoms with Gasteiger partial charge in [0.15, 0.2) is 5.96 Å².